The Hall–Kier alpha value is -0.710. The summed E-state index contributed by atoms with van der Waals surface area (Å²) in [5.74, 6) is 0.720. The van der Waals surface area contributed by atoms with Gasteiger partial charge >= 0.3 is 0 Å². The number of hydrogen-bond acceptors (Lipinski definition) is 4. The predicted molar refractivity (Wildman–Crippen MR) is 78.9 cm³/mol. The molecule has 2 nitrogen and oxygen atoms in total. The minimum absolute atomic E-state index is 0.184. The standard InChI is InChI=1S/C14H18N2S2/c1-10-3-2-5-14(15,7-10)13-16-12(9-18-13)11-4-6-17-8-11/h4,6,8-10H,2-3,5,7,15H2,1H3. The van der Waals surface area contributed by atoms with Crippen LogP contribution in [-0.4, -0.2) is 4.98 Å². The van der Waals surface area contributed by atoms with Gasteiger partial charge in [-0.15, -0.1) is 11.3 Å². The van der Waals surface area contributed by atoms with Crippen molar-refractivity contribution >= 4 is 22.7 Å². The summed E-state index contributed by atoms with van der Waals surface area (Å²) in [6, 6.07) is 2.12. The lowest BCUT2D eigenvalue weighted by Gasteiger charge is -2.35. The van der Waals surface area contributed by atoms with E-state index in [1.165, 1.54) is 18.4 Å². The van der Waals surface area contributed by atoms with Gasteiger partial charge in [0.25, 0.3) is 0 Å². The number of rotatable bonds is 2. The van der Waals surface area contributed by atoms with Crippen LogP contribution in [0.15, 0.2) is 22.2 Å². The fourth-order valence-electron chi connectivity index (χ4n) is 2.83. The van der Waals surface area contributed by atoms with E-state index in [2.05, 4.69) is 29.1 Å². The van der Waals surface area contributed by atoms with E-state index in [0.717, 1.165) is 29.5 Å². The van der Waals surface area contributed by atoms with Crippen LogP contribution in [0.25, 0.3) is 11.3 Å². The summed E-state index contributed by atoms with van der Waals surface area (Å²) in [4.78, 5) is 4.78. The van der Waals surface area contributed by atoms with Crippen molar-refractivity contribution in [2.45, 2.75) is 38.1 Å². The lowest BCUT2D eigenvalue weighted by Crippen LogP contribution is -2.40. The highest BCUT2D eigenvalue weighted by molar-refractivity contribution is 7.10. The maximum absolute atomic E-state index is 6.59. The fourth-order valence-corrected chi connectivity index (χ4v) is 4.46. The average molecular weight is 278 g/mol. The normalized spacial score (nSPS) is 28.4. The van der Waals surface area contributed by atoms with E-state index >= 15 is 0 Å². The van der Waals surface area contributed by atoms with Crippen LogP contribution in [0.3, 0.4) is 0 Å². The Labute approximate surface area is 116 Å². The Bertz CT molecular complexity index is 518. The molecule has 0 aliphatic heterocycles. The topological polar surface area (TPSA) is 38.9 Å². The summed E-state index contributed by atoms with van der Waals surface area (Å²) in [7, 11) is 0. The van der Waals surface area contributed by atoms with Crippen molar-refractivity contribution in [1.82, 2.24) is 4.98 Å². The molecule has 2 aromatic heterocycles. The van der Waals surface area contributed by atoms with Gasteiger partial charge in [-0.3, -0.25) is 0 Å². The van der Waals surface area contributed by atoms with E-state index in [-0.39, 0.29) is 5.54 Å². The van der Waals surface area contributed by atoms with E-state index < -0.39 is 0 Å². The van der Waals surface area contributed by atoms with Crippen molar-refractivity contribution in [2.75, 3.05) is 0 Å². The molecule has 2 N–H and O–H groups in total. The molecule has 0 amide bonds. The Morgan fingerprint density at radius 1 is 1.44 bits per heavy atom. The van der Waals surface area contributed by atoms with Gasteiger partial charge in [0.05, 0.1) is 11.2 Å². The predicted octanol–water partition coefficient (Wildman–Crippen LogP) is 4.24. The monoisotopic (exact) mass is 278 g/mol. The molecule has 3 rings (SSSR count). The molecule has 2 atom stereocenters. The highest BCUT2D eigenvalue weighted by Gasteiger charge is 2.35. The van der Waals surface area contributed by atoms with Gasteiger partial charge in [-0.05, 0) is 30.2 Å². The van der Waals surface area contributed by atoms with Crippen molar-refractivity contribution in [2.24, 2.45) is 11.7 Å². The Kier molecular flexibility index (Phi) is 3.26. The zero-order valence-electron chi connectivity index (χ0n) is 10.6. The molecule has 18 heavy (non-hydrogen) atoms. The van der Waals surface area contributed by atoms with Crippen LogP contribution in [-0.2, 0) is 5.54 Å². The number of aromatic nitrogens is 1. The Morgan fingerprint density at radius 3 is 3.06 bits per heavy atom. The summed E-state index contributed by atoms with van der Waals surface area (Å²) < 4.78 is 0. The highest BCUT2D eigenvalue weighted by Crippen LogP contribution is 2.40. The smallest absolute Gasteiger partial charge is 0.113 e. The van der Waals surface area contributed by atoms with Gasteiger partial charge in [-0.1, -0.05) is 19.8 Å². The summed E-state index contributed by atoms with van der Waals surface area (Å²) >= 11 is 3.44. The summed E-state index contributed by atoms with van der Waals surface area (Å²) in [5, 5.41) is 7.50. The molecule has 2 heterocycles. The quantitative estimate of drug-likeness (QED) is 0.892. The zero-order chi connectivity index (χ0) is 12.6. The van der Waals surface area contributed by atoms with Crippen LogP contribution in [0.5, 0.6) is 0 Å². The molecule has 0 aromatic carbocycles. The van der Waals surface area contributed by atoms with Crippen LogP contribution in [0, 0.1) is 5.92 Å². The van der Waals surface area contributed by atoms with Gasteiger partial charge in [-0.2, -0.15) is 11.3 Å². The molecule has 1 fully saturated rings. The molecule has 2 unspecified atom stereocenters. The lowest BCUT2D eigenvalue weighted by atomic mass is 9.77. The average Bonchev–Trinajstić information content (AvgIpc) is 3.00. The van der Waals surface area contributed by atoms with Gasteiger partial charge in [0.2, 0.25) is 0 Å². The summed E-state index contributed by atoms with van der Waals surface area (Å²) in [6.07, 6.45) is 4.68. The van der Waals surface area contributed by atoms with Crippen LogP contribution < -0.4 is 5.73 Å². The minimum atomic E-state index is -0.184. The first kappa shape index (κ1) is 12.3. The second-order valence-corrected chi connectivity index (χ2v) is 7.05. The number of nitrogens with two attached hydrogens (primary N) is 1. The molecule has 1 aliphatic carbocycles. The van der Waals surface area contributed by atoms with Gasteiger partial charge in [0.15, 0.2) is 0 Å². The first-order valence-electron chi connectivity index (χ1n) is 6.45. The number of thiophene rings is 1. The van der Waals surface area contributed by atoms with E-state index in [4.69, 9.17) is 10.7 Å². The highest BCUT2D eigenvalue weighted by atomic mass is 32.1. The molecule has 1 aliphatic rings. The third-order valence-corrected chi connectivity index (χ3v) is 5.52. The first-order chi connectivity index (χ1) is 8.67. The maximum Gasteiger partial charge on any atom is 0.113 e. The molecule has 4 heteroatoms. The molecule has 96 valence electrons. The van der Waals surface area contributed by atoms with Crippen molar-refractivity contribution in [3.63, 3.8) is 0 Å². The molecule has 0 radical (unpaired) electrons. The van der Waals surface area contributed by atoms with Gasteiger partial charge < -0.3 is 5.73 Å². The van der Waals surface area contributed by atoms with E-state index in [0.29, 0.717) is 0 Å². The number of nitrogens with zero attached hydrogens (tertiary/aromatic N) is 1. The Balaban J connectivity index is 1.88. The van der Waals surface area contributed by atoms with E-state index in [9.17, 15) is 0 Å². The third kappa shape index (κ3) is 2.25. The second kappa shape index (κ2) is 4.76. The largest absolute Gasteiger partial charge is 0.319 e. The van der Waals surface area contributed by atoms with Crippen molar-refractivity contribution in [3.8, 4) is 11.3 Å². The van der Waals surface area contributed by atoms with Crippen molar-refractivity contribution < 1.29 is 0 Å². The van der Waals surface area contributed by atoms with Gasteiger partial charge in [-0.25, -0.2) is 4.98 Å². The lowest BCUT2D eigenvalue weighted by molar-refractivity contribution is 0.238. The first-order valence-corrected chi connectivity index (χ1v) is 8.27. The summed E-state index contributed by atoms with van der Waals surface area (Å²) in [5.41, 5.74) is 8.70. The van der Waals surface area contributed by atoms with Gasteiger partial charge in [0, 0.05) is 16.3 Å². The minimum Gasteiger partial charge on any atom is -0.319 e. The SMILES string of the molecule is CC1CCCC(N)(c2nc(-c3ccsc3)cs2)C1. The molecular formula is C14H18N2S2. The fraction of sp³-hybridized carbons (Fsp3) is 0.500. The van der Waals surface area contributed by atoms with Crippen LogP contribution >= 0.6 is 22.7 Å². The van der Waals surface area contributed by atoms with Crippen molar-refractivity contribution in [1.29, 1.82) is 0 Å². The Morgan fingerprint density at radius 2 is 2.33 bits per heavy atom. The van der Waals surface area contributed by atoms with Gasteiger partial charge in [0.1, 0.15) is 5.01 Å². The molecule has 0 saturated heterocycles. The molecule has 0 bridgehead atoms. The van der Waals surface area contributed by atoms with Crippen molar-refractivity contribution in [3.05, 3.63) is 27.2 Å². The second-order valence-electron chi connectivity index (χ2n) is 5.41. The molecular weight excluding hydrogens is 260 g/mol. The molecule has 0 spiro atoms. The van der Waals surface area contributed by atoms with E-state index in [1.54, 1.807) is 22.7 Å². The number of thiazole rings is 1. The maximum atomic E-state index is 6.59. The molecule has 1 saturated carbocycles. The summed E-state index contributed by atoms with van der Waals surface area (Å²) in [6.45, 7) is 2.30. The van der Waals surface area contributed by atoms with Crippen LogP contribution in [0.2, 0.25) is 0 Å². The van der Waals surface area contributed by atoms with Crippen LogP contribution in [0.4, 0.5) is 0 Å². The third-order valence-electron chi connectivity index (χ3n) is 3.78. The number of hydrogen-bond donors (Lipinski definition) is 1. The molecule has 2 aromatic rings. The van der Waals surface area contributed by atoms with E-state index in [1.807, 2.05) is 0 Å². The van der Waals surface area contributed by atoms with Crippen LogP contribution in [0.1, 0.15) is 37.6 Å². The zero-order valence-corrected chi connectivity index (χ0v) is 12.2.